The van der Waals surface area contributed by atoms with Crippen LogP contribution in [0.1, 0.15) is 24.9 Å². The van der Waals surface area contributed by atoms with Crippen molar-refractivity contribution in [2.24, 2.45) is 5.92 Å². The van der Waals surface area contributed by atoms with Crippen LogP contribution >= 0.6 is 0 Å². The lowest BCUT2D eigenvalue weighted by molar-refractivity contribution is 0.0354. The zero-order valence-corrected chi connectivity index (χ0v) is 16.6. The summed E-state index contributed by atoms with van der Waals surface area (Å²) < 4.78 is 37.9. The first-order valence-corrected chi connectivity index (χ1v) is 11.7. The van der Waals surface area contributed by atoms with E-state index < -0.39 is 9.84 Å². The number of benzene rings is 1. The predicted octanol–water partition coefficient (Wildman–Crippen LogP) is 0.784. The molecule has 3 aliphatic heterocycles. The van der Waals surface area contributed by atoms with Crippen LogP contribution in [0.4, 0.5) is 4.39 Å². The quantitative estimate of drug-likeness (QED) is 0.767. The maximum absolute atomic E-state index is 13.3. The van der Waals surface area contributed by atoms with E-state index in [9.17, 15) is 12.8 Å². The van der Waals surface area contributed by atoms with Gasteiger partial charge < -0.3 is 0 Å². The largest absolute Gasteiger partial charge is 0.297 e. The molecule has 3 saturated heterocycles. The molecule has 0 spiro atoms. The van der Waals surface area contributed by atoms with E-state index in [1.165, 1.54) is 12.1 Å². The first kappa shape index (κ1) is 19.3. The Kier molecular flexibility index (Phi) is 5.53. The monoisotopic (exact) mass is 396 g/mol. The maximum atomic E-state index is 13.3. The molecule has 3 aliphatic rings. The van der Waals surface area contributed by atoms with Gasteiger partial charge in [0.05, 0.1) is 17.5 Å². The van der Waals surface area contributed by atoms with Gasteiger partial charge in [0, 0.05) is 44.2 Å². The highest BCUT2D eigenvalue weighted by Gasteiger charge is 2.47. The van der Waals surface area contributed by atoms with Crippen LogP contribution < -0.4 is 10.9 Å². The molecule has 8 heteroatoms. The third-order valence-electron chi connectivity index (χ3n) is 6.21. The lowest BCUT2D eigenvalue weighted by Crippen LogP contribution is -2.60. The molecule has 150 valence electrons. The van der Waals surface area contributed by atoms with E-state index in [4.69, 9.17) is 0 Å². The van der Waals surface area contributed by atoms with Crippen molar-refractivity contribution in [1.29, 1.82) is 0 Å². The Hall–Kier alpha value is -1.06. The fourth-order valence-corrected chi connectivity index (χ4v) is 6.96. The fraction of sp³-hybridized carbons (Fsp3) is 0.684. The molecular weight excluding hydrogens is 367 g/mol. The average Bonchev–Trinajstić information content (AvgIpc) is 3.21. The first-order chi connectivity index (χ1) is 13.0. The SMILES string of the molecule is CCCN1CCN(CC2CNNC2c2ccc(F)cc2)[C@@H]2CS(=O)(=O)C[C@@H]21. The summed E-state index contributed by atoms with van der Waals surface area (Å²) in [6, 6.07) is 6.96. The van der Waals surface area contributed by atoms with E-state index in [0.717, 1.165) is 44.7 Å². The smallest absolute Gasteiger partial charge is 0.153 e. The molecule has 0 radical (unpaired) electrons. The van der Waals surface area contributed by atoms with Crippen LogP contribution in [0.3, 0.4) is 0 Å². The van der Waals surface area contributed by atoms with Crippen molar-refractivity contribution >= 4 is 9.84 Å². The van der Waals surface area contributed by atoms with Gasteiger partial charge in [-0.3, -0.25) is 15.2 Å². The molecule has 4 rings (SSSR count). The van der Waals surface area contributed by atoms with Gasteiger partial charge in [0.2, 0.25) is 0 Å². The van der Waals surface area contributed by atoms with E-state index in [0.29, 0.717) is 5.92 Å². The van der Waals surface area contributed by atoms with E-state index >= 15 is 0 Å². The van der Waals surface area contributed by atoms with E-state index in [1.807, 2.05) is 12.1 Å². The number of sulfone groups is 1. The lowest BCUT2D eigenvalue weighted by atomic mass is 9.93. The van der Waals surface area contributed by atoms with Crippen LogP contribution in [-0.2, 0) is 9.84 Å². The van der Waals surface area contributed by atoms with Crippen LogP contribution in [0.15, 0.2) is 24.3 Å². The van der Waals surface area contributed by atoms with Crippen LogP contribution in [0.2, 0.25) is 0 Å². The second-order valence-corrected chi connectivity index (χ2v) is 10.2. The Balaban J connectivity index is 1.49. The van der Waals surface area contributed by atoms with Crippen molar-refractivity contribution in [3.8, 4) is 0 Å². The van der Waals surface area contributed by atoms with Gasteiger partial charge in [-0.1, -0.05) is 19.1 Å². The number of nitrogens with zero attached hydrogens (tertiary/aromatic N) is 2. The highest BCUT2D eigenvalue weighted by atomic mass is 32.2. The van der Waals surface area contributed by atoms with Gasteiger partial charge in [0.25, 0.3) is 0 Å². The summed E-state index contributed by atoms with van der Waals surface area (Å²) >= 11 is 0. The zero-order chi connectivity index (χ0) is 19.0. The summed E-state index contributed by atoms with van der Waals surface area (Å²) in [7, 11) is -2.97. The Morgan fingerprint density at radius 1 is 1.11 bits per heavy atom. The number of nitrogens with one attached hydrogen (secondary N) is 2. The Morgan fingerprint density at radius 3 is 2.48 bits per heavy atom. The molecule has 0 bridgehead atoms. The van der Waals surface area contributed by atoms with E-state index in [-0.39, 0.29) is 35.4 Å². The van der Waals surface area contributed by atoms with Crippen LogP contribution in [0.25, 0.3) is 0 Å². The minimum absolute atomic E-state index is 0.0877. The summed E-state index contributed by atoms with van der Waals surface area (Å²) in [5.41, 5.74) is 7.60. The van der Waals surface area contributed by atoms with Gasteiger partial charge in [-0.2, -0.15) is 0 Å². The van der Waals surface area contributed by atoms with Crippen LogP contribution in [0.5, 0.6) is 0 Å². The maximum Gasteiger partial charge on any atom is 0.153 e. The molecule has 2 unspecified atom stereocenters. The summed E-state index contributed by atoms with van der Waals surface area (Å²) in [6.07, 6.45) is 1.05. The van der Waals surface area contributed by atoms with E-state index in [1.54, 1.807) is 0 Å². The van der Waals surface area contributed by atoms with Gasteiger partial charge in [0.15, 0.2) is 9.84 Å². The summed E-state index contributed by atoms with van der Waals surface area (Å²) in [5, 5.41) is 0. The van der Waals surface area contributed by atoms with Crippen molar-refractivity contribution < 1.29 is 12.8 Å². The number of hydrazine groups is 1. The Bertz CT molecular complexity index is 757. The molecule has 2 N–H and O–H groups in total. The number of halogens is 1. The molecule has 1 aromatic rings. The van der Waals surface area contributed by atoms with Crippen molar-refractivity contribution in [2.75, 3.05) is 44.2 Å². The van der Waals surface area contributed by atoms with Crippen LogP contribution in [-0.4, -0.2) is 74.5 Å². The Labute approximate surface area is 161 Å². The Morgan fingerprint density at radius 2 is 1.78 bits per heavy atom. The highest BCUT2D eigenvalue weighted by molar-refractivity contribution is 7.91. The first-order valence-electron chi connectivity index (χ1n) is 9.89. The van der Waals surface area contributed by atoms with Crippen molar-refractivity contribution in [3.05, 3.63) is 35.6 Å². The molecule has 0 amide bonds. The molecule has 0 saturated carbocycles. The zero-order valence-electron chi connectivity index (χ0n) is 15.8. The van der Waals surface area contributed by atoms with Gasteiger partial charge in [0.1, 0.15) is 5.82 Å². The number of hydrogen-bond acceptors (Lipinski definition) is 6. The summed E-state index contributed by atoms with van der Waals surface area (Å²) in [5.74, 6) is 0.646. The number of hydrogen-bond donors (Lipinski definition) is 2. The average molecular weight is 397 g/mol. The highest BCUT2D eigenvalue weighted by Crippen LogP contribution is 2.31. The molecule has 27 heavy (non-hydrogen) atoms. The van der Waals surface area contributed by atoms with Gasteiger partial charge in [-0.15, -0.1) is 0 Å². The molecule has 1 aromatic carbocycles. The standard InChI is InChI=1S/C19H29FN4O2S/c1-2-7-23-8-9-24(18-13-27(25,26)12-17(18)23)11-15-10-21-22-19(15)14-3-5-16(20)6-4-14/h3-6,15,17-19,21-22H,2,7-13H2,1H3/t15?,17-,18+,19?/m0/s1. The second kappa shape index (κ2) is 7.75. The topological polar surface area (TPSA) is 64.7 Å². The van der Waals surface area contributed by atoms with Gasteiger partial charge >= 0.3 is 0 Å². The molecule has 0 aromatic heterocycles. The minimum atomic E-state index is -2.97. The molecule has 4 atom stereocenters. The second-order valence-electron chi connectivity index (χ2n) is 8.06. The molecule has 3 fully saturated rings. The third kappa shape index (κ3) is 4.05. The third-order valence-corrected chi connectivity index (χ3v) is 7.91. The number of piperazine rings is 1. The van der Waals surface area contributed by atoms with Crippen molar-refractivity contribution in [1.82, 2.24) is 20.7 Å². The molecule has 0 aliphatic carbocycles. The van der Waals surface area contributed by atoms with Crippen molar-refractivity contribution in [3.63, 3.8) is 0 Å². The van der Waals surface area contributed by atoms with E-state index in [2.05, 4.69) is 27.6 Å². The molecular formula is C19H29FN4O2S. The lowest BCUT2D eigenvalue weighted by Gasteiger charge is -2.45. The molecule has 6 nitrogen and oxygen atoms in total. The van der Waals surface area contributed by atoms with Crippen LogP contribution in [0, 0.1) is 11.7 Å². The summed E-state index contributed by atoms with van der Waals surface area (Å²) in [6.45, 7) is 6.62. The fourth-order valence-electron chi connectivity index (χ4n) is 4.92. The van der Waals surface area contributed by atoms with Gasteiger partial charge in [-0.05, 0) is 30.7 Å². The number of rotatable bonds is 5. The van der Waals surface area contributed by atoms with Crippen molar-refractivity contribution in [2.45, 2.75) is 31.5 Å². The molecule has 3 heterocycles. The van der Waals surface area contributed by atoms with Gasteiger partial charge in [-0.25, -0.2) is 18.2 Å². The number of fused-ring (bicyclic) bond motifs is 1. The minimum Gasteiger partial charge on any atom is -0.297 e. The summed E-state index contributed by atoms with van der Waals surface area (Å²) in [4.78, 5) is 4.76. The predicted molar refractivity (Wildman–Crippen MR) is 103 cm³/mol. The normalized spacial score (nSPS) is 34.0.